The van der Waals surface area contributed by atoms with E-state index in [9.17, 15) is 4.79 Å². The van der Waals surface area contributed by atoms with Crippen LogP contribution in [0, 0.1) is 5.92 Å². The van der Waals surface area contributed by atoms with Crippen molar-refractivity contribution < 1.29 is 14.3 Å². The minimum absolute atomic E-state index is 0.182. The van der Waals surface area contributed by atoms with Crippen LogP contribution in [0.2, 0.25) is 5.15 Å². The molecule has 0 radical (unpaired) electrons. The predicted octanol–water partition coefficient (Wildman–Crippen LogP) is 4.09. The van der Waals surface area contributed by atoms with E-state index in [1.807, 2.05) is 12.1 Å². The largest absolute Gasteiger partial charge is 0.497 e. The lowest BCUT2D eigenvalue weighted by atomic mass is 9.85. The summed E-state index contributed by atoms with van der Waals surface area (Å²) in [6, 6.07) is 8.59. The number of nitrogens with one attached hydrogen (secondary N) is 1. The molecule has 0 bridgehead atoms. The summed E-state index contributed by atoms with van der Waals surface area (Å²) >= 11 is 7.28. The van der Waals surface area contributed by atoms with Gasteiger partial charge in [-0.3, -0.25) is 4.90 Å². The van der Waals surface area contributed by atoms with Gasteiger partial charge < -0.3 is 14.8 Å². The number of rotatable bonds is 6. The van der Waals surface area contributed by atoms with Crippen LogP contribution >= 0.6 is 22.9 Å². The van der Waals surface area contributed by atoms with Gasteiger partial charge in [0.2, 0.25) is 0 Å². The van der Waals surface area contributed by atoms with Crippen molar-refractivity contribution in [3.63, 3.8) is 0 Å². The highest BCUT2D eigenvalue weighted by molar-refractivity contribution is 7.18. The van der Waals surface area contributed by atoms with Crippen LogP contribution in [0.3, 0.4) is 0 Å². The average Bonchev–Trinajstić information content (AvgIpc) is 3.06. The monoisotopic (exact) mass is 409 g/mol. The van der Waals surface area contributed by atoms with E-state index in [2.05, 4.69) is 34.4 Å². The van der Waals surface area contributed by atoms with Crippen molar-refractivity contribution in [1.82, 2.24) is 9.88 Å². The van der Waals surface area contributed by atoms with Gasteiger partial charge in [0.05, 0.1) is 14.2 Å². The summed E-state index contributed by atoms with van der Waals surface area (Å²) in [7, 11) is 5.18. The molecule has 1 aliphatic heterocycles. The van der Waals surface area contributed by atoms with Crippen molar-refractivity contribution in [2.45, 2.75) is 18.9 Å². The first-order valence-electron chi connectivity index (χ1n) is 8.86. The number of methoxy groups -OCH3 is 2. The molecule has 0 spiro atoms. The fraction of sp³-hybridized carbons (Fsp3) is 0.474. The van der Waals surface area contributed by atoms with Crippen LogP contribution in [0.15, 0.2) is 24.3 Å². The van der Waals surface area contributed by atoms with E-state index in [1.54, 1.807) is 7.11 Å². The molecule has 1 fully saturated rings. The van der Waals surface area contributed by atoms with Crippen LogP contribution in [0.4, 0.5) is 5.13 Å². The summed E-state index contributed by atoms with van der Waals surface area (Å²) in [6.07, 6.45) is 2.28. The second-order valence-electron chi connectivity index (χ2n) is 6.61. The number of likely N-dealkylation sites (tertiary alicyclic amines) is 1. The van der Waals surface area contributed by atoms with E-state index in [0.717, 1.165) is 31.7 Å². The Hall–Kier alpha value is -1.83. The highest BCUT2D eigenvalue weighted by Crippen LogP contribution is 2.36. The van der Waals surface area contributed by atoms with Crippen molar-refractivity contribution in [2.24, 2.45) is 5.92 Å². The molecule has 0 saturated carbocycles. The van der Waals surface area contributed by atoms with E-state index in [4.69, 9.17) is 21.1 Å². The second kappa shape index (κ2) is 8.91. The quantitative estimate of drug-likeness (QED) is 0.725. The first-order valence-corrected chi connectivity index (χ1v) is 10.1. The second-order valence-corrected chi connectivity index (χ2v) is 7.97. The van der Waals surface area contributed by atoms with Crippen molar-refractivity contribution in [3.8, 4) is 5.75 Å². The molecule has 2 unspecified atom stereocenters. The average molecular weight is 410 g/mol. The van der Waals surface area contributed by atoms with Gasteiger partial charge in [-0.2, -0.15) is 0 Å². The van der Waals surface area contributed by atoms with Crippen molar-refractivity contribution >= 4 is 34.0 Å². The summed E-state index contributed by atoms with van der Waals surface area (Å²) < 4.78 is 10.0. The molecule has 2 aromatic rings. The van der Waals surface area contributed by atoms with Gasteiger partial charge >= 0.3 is 5.97 Å². The normalized spacial score (nSPS) is 20.3. The lowest BCUT2D eigenvalue weighted by Crippen LogP contribution is -2.38. The zero-order chi connectivity index (χ0) is 19.4. The maximum atomic E-state index is 11.7. The van der Waals surface area contributed by atoms with Gasteiger partial charge in [0.1, 0.15) is 5.75 Å². The third-order valence-electron chi connectivity index (χ3n) is 4.94. The SMILES string of the molecule is COC(=O)c1sc(NCC2CCCN(C)C2c2ccc(OC)cc2)nc1Cl. The third kappa shape index (κ3) is 4.54. The van der Waals surface area contributed by atoms with Crippen LogP contribution in [0.5, 0.6) is 5.75 Å². The van der Waals surface area contributed by atoms with E-state index in [1.165, 1.54) is 24.0 Å². The minimum Gasteiger partial charge on any atom is -0.497 e. The van der Waals surface area contributed by atoms with Crippen LogP contribution in [-0.4, -0.2) is 50.2 Å². The summed E-state index contributed by atoms with van der Waals surface area (Å²) in [5.41, 5.74) is 1.28. The Morgan fingerprint density at radius 2 is 2.11 bits per heavy atom. The van der Waals surface area contributed by atoms with Crippen molar-refractivity contribution in [3.05, 3.63) is 39.9 Å². The summed E-state index contributed by atoms with van der Waals surface area (Å²) in [4.78, 5) is 18.7. The summed E-state index contributed by atoms with van der Waals surface area (Å²) in [5.74, 6) is 0.820. The van der Waals surface area contributed by atoms with Gasteiger partial charge in [-0.05, 0) is 50.0 Å². The number of thiazole rings is 1. The van der Waals surface area contributed by atoms with Crippen LogP contribution in [0.25, 0.3) is 0 Å². The molecule has 2 atom stereocenters. The number of aromatic nitrogens is 1. The van der Waals surface area contributed by atoms with Crippen LogP contribution in [0.1, 0.15) is 34.1 Å². The Balaban J connectivity index is 1.72. The number of anilines is 1. The highest BCUT2D eigenvalue weighted by atomic mass is 35.5. The molecule has 3 rings (SSSR count). The number of benzene rings is 1. The number of halogens is 1. The number of esters is 1. The third-order valence-corrected chi connectivity index (χ3v) is 6.32. The molecule has 27 heavy (non-hydrogen) atoms. The van der Waals surface area contributed by atoms with Gasteiger partial charge in [-0.15, -0.1) is 0 Å². The molecule has 1 saturated heterocycles. The van der Waals surface area contributed by atoms with Gasteiger partial charge in [0.15, 0.2) is 15.2 Å². The van der Waals surface area contributed by atoms with E-state index in [0.29, 0.717) is 22.0 Å². The first-order chi connectivity index (χ1) is 13.0. The Kier molecular flexibility index (Phi) is 6.57. The summed E-state index contributed by atoms with van der Waals surface area (Å²) in [6.45, 7) is 1.83. The molecular formula is C19H24ClN3O3S. The molecule has 146 valence electrons. The van der Waals surface area contributed by atoms with Gasteiger partial charge in [-0.1, -0.05) is 35.1 Å². The topological polar surface area (TPSA) is 63.7 Å². The molecule has 2 heterocycles. The maximum absolute atomic E-state index is 11.7. The fourth-order valence-corrected chi connectivity index (χ4v) is 4.73. The number of hydrogen-bond acceptors (Lipinski definition) is 7. The number of carbonyl (C=O) groups excluding carboxylic acids is 1. The Morgan fingerprint density at radius 3 is 2.78 bits per heavy atom. The molecule has 1 aromatic heterocycles. The first kappa shape index (κ1) is 19.9. The molecule has 0 aliphatic carbocycles. The maximum Gasteiger partial charge on any atom is 0.351 e. The Bertz CT molecular complexity index is 781. The molecule has 0 amide bonds. The lowest BCUT2D eigenvalue weighted by Gasteiger charge is -2.39. The smallest absolute Gasteiger partial charge is 0.351 e. The fourth-order valence-electron chi connectivity index (χ4n) is 3.62. The standard InChI is InChI=1S/C19H24ClN3O3S/c1-23-10-4-5-13(15(23)12-6-8-14(25-2)9-7-12)11-21-19-22-17(20)16(27-19)18(24)26-3/h6-9,13,15H,4-5,10-11H2,1-3H3,(H,21,22). The number of piperidine rings is 1. The Labute approximate surface area is 168 Å². The van der Waals surface area contributed by atoms with Crippen LogP contribution < -0.4 is 10.1 Å². The molecule has 1 aliphatic rings. The highest BCUT2D eigenvalue weighted by Gasteiger charge is 2.30. The predicted molar refractivity (Wildman–Crippen MR) is 108 cm³/mol. The molecule has 6 nitrogen and oxygen atoms in total. The molecule has 8 heteroatoms. The number of nitrogens with zero attached hydrogens (tertiary/aromatic N) is 2. The lowest BCUT2D eigenvalue weighted by molar-refractivity contribution is 0.0606. The van der Waals surface area contributed by atoms with Crippen molar-refractivity contribution in [2.75, 3.05) is 39.7 Å². The molecular weight excluding hydrogens is 386 g/mol. The number of carbonyl (C=O) groups is 1. The zero-order valence-electron chi connectivity index (χ0n) is 15.7. The Morgan fingerprint density at radius 1 is 1.37 bits per heavy atom. The number of hydrogen-bond donors (Lipinski definition) is 1. The molecule has 1 aromatic carbocycles. The van der Waals surface area contributed by atoms with E-state index < -0.39 is 5.97 Å². The van der Waals surface area contributed by atoms with Crippen LogP contribution in [-0.2, 0) is 4.74 Å². The number of ether oxygens (including phenoxy) is 2. The van der Waals surface area contributed by atoms with Gasteiger partial charge in [0.25, 0.3) is 0 Å². The van der Waals surface area contributed by atoms with Gasteiger partial charge in [0, 0.05) is 12.6 Å². The minimum atomic E-state index is -0.459. The molecule has 1 N–H and O–H groups in total. The van der Waals surface area contributed by atoms with Gasteiger partial charge in [-0.25, -0.2) is 9.78 Å². The van der Waals surface area contributed by atoms with Crippen molar-refractivity contribution in [1.29, 1.82) is 0 Å². The zero-order valence-corrected chi connectivity index (χ0v) is 17.3. The summed E-state index contributed by atoms with van der Waals surface area (Å²) in [5, 5.41) is 4.18. The van der Waals surface area contributed by atoms with E-state index >= 15 is 0 Å². The van der Waals surface area contributed by atoms with E-state index in [-0.39, 0.29) is 5.15 Å².